The minimum Gasteiger partial charge on any atom is -0.207 e. The van der Waals surface area contributed by atoms with Crippen LogP contribution in [0, 0.1) is 153 Å². The SMILES string of the molecule is C[C]1[C](C)[C](C)[C](C)[C]1C.C[C]1[C](C)[C](C)[C](C[B-](c2c(F)c(F)c(F)c(F)c2F)(c2c(F)c(F)c(F)c(F)c2F)c2c(F)c(F)c(F)c(F)c2F)[C]1C.[Zr+4].[c-]1ccccc1. The Morgan fingerprint density at radius 1 is 0.311 bits per heavy atom. The van der Waals surface area contributed by atoms with Crippen molar-refractivity contribution in [2.24, 2.45) is 0 Å². The van der Waals surface area contributed by atoms with Gasteiger partial charge in [-0.25, -0.2) is 65.9 Å². The third kappa shape index (κ3) is 8.97. The normalized spacial score (nSPS) is 17.1. The molecule has 4 aromatic carbocycles. The van der Waals surface area contributed by atoms with Crippen LogP contribution < -0.4 is 16.4 Å². The van der Waals surface area contributed by atoms with E-state index < -0.39 is 122 Å². The predicted molar refractivity (Wildman–Crippen MR) is 197 cm³/mol. The van der Waals surface area contributed by atoms with E-state index in [1.807, 2.05) is 30.3 Å². The summed E-state index contributed by atoms with van der Waals surface area (Å²) in [6, 6.07) is 12.5. The summed E-state index contributed by atoms with van der Waals surface area (Å²) in [7, 11) is 0. The number of hydrogen-bond acceptors (Lipinski definition) is 0. The van der Waals surface area contributed by atoms with Gasteiger partial charge in [-0.15, -0.1) is 16.4 Å². The van der Waals surface area contributed by atoms with Crippen LogP contribution in [0.15, 0.2) is 30.3 Å². The summed E-state index contributed by atoms with van der Waals surface area (Å²) in [6.45, 7) is 16.1. The topological polar surface area (TPSA) is 0 Å². The number of benzene rings is 4. The largest absolute Gasteiger partial charge is 4.00 e. The van der Waals surface area contributed by atoms with Crippen molar-refractivity contribution >= 4 is 22.5 Å². The van der Waals surface area contributed by atoms with Crippen LogP contribution in [0.25, 0.3) is 0 Å². The fourth-order valence-corrected chi connectivity index (χ4v) is 7.56. The molecule has 0 N–H and O–H groups in total. The van der Waals surface area contributed by atoms with Crippen LogP contribution in [0.3, 0.4) is 0 Å². The molecule has 2 fully saturated rings. The first-order chi connectivity index (χ1) is 27.8. The van der Waals surface area contributed by atoms with E-state index in [9.17, 15) is 39.5 Å². The van der Waals surface area contributed by atoms with Crippen molar-refractivity contribution < 1.29 is 92.1 Å². The first-order valence-corrected chi connectivity index (χ1v) is 17.9. The number of hydrogen-bond donors (Lipinski definition) is 0. The van der Waals surface area contributed by atoms with Crippen molar-refractivity contribution in [3.05, 3.63) is 183 Å². The van der Waals surface area contributed by atoms with Gasteiger partial charge in [-0.05, 0) is 59.2 Å². The molecule has 0 spiro atoms. The molecule has 10 radical (unpaired) electrons. The van der Waals surface area contributed by atoms with Crippen molar-refractivity contribution in [2.45, 2.75) is 68.6 Å². The third-order valence-electron chi connectivity index (χ3n) is 11.7. The summed E-state index contributed by atoms with van der Waals surface area (Å²) in [5.41, 5.74) is -7.82. The van der Waals surface area contributed by atoms with E-state index in [2.05, 4.69) is 40.7 Å². The van der Waals surface area contributed by atoms with E-state index >= 15 is 26.3 Å². The van der Waals surface area contributed by atoms with Gasteiger partial charge in [-0.3, -0.25) is 0 Å². The summed E-state index contributed by atoms with van der Waals surface area (Å²) in [5, 5.41) is 0. The second-order valence-electron chi connectivity index (χ2n) is 14.4. The maximum atomic E-state index is 15.6. The van der Waals surface area contributed by atoms with E-state index in [4.69, 9.17) is 0 Å². The fourth-order valence-electron chi connectivity index (χ4n) is 7.56. The van der Waals surface area contributed by atoms with Crippen molar-refractivity contribution in [1.82, 2.24) is 0 Å². The zero-order valence-corrected chi connectivity index (χ0v) is 36.3. The second-order valence-corrected chi connectivity index (χ2v) is 14.4. The van der Waals surface area contributed by atoms with Crippen LogP contribution in [0.5, 0.6) is 0 Å². The summed E-state index contributed by atoms with van der Waals surface area (Å²) in [5.74, 6) is -37.7. The van der Waals surface area contributed by atoms with Gasteiger partial charge in [0.1, 0.15) is 41.0 Å². The molecule has 0 unspecified atom stereocenters. The molecule has 6 rings (SSSR count). The molecular formula is C44H34BF15Zr+2. The molecule has 4 aromatic rings. The Bertz CT molecular complexity index is 1860. The van der Waals surface area contributed by atoms with Gasteiger partial charge in [0.2, 0.25) is 0 Å². The molecule has 2 aliphatic rings. The molecule has 0 heterocycles. The fraction of sp³-hybridized carbons (Fsp3) is 0.227. The van der Waals surface area contributed by atoms with Crippen molar-refractivity contribution in [3.63, 3.8) is 0 Å². The van der Waals surface area contributed by atoms with Crippen molar-refractivity contribution in [3.8, 4) is 0 Å². The Morgan fingerprint density at radius 2 is 0.508 bits per heavy atom. The Morgan fingerprint density at radius 3 is 0.689 bits per heavy atom. The maximum absolute atomic E-state index is 15.6. The average molecular weight is 950 g/mol. The van der Waals surface area contributed by atoms with Crippen molar-refractivity contribution in [2.75, 3.05) is 0 Å². The predicted octanol–water partition coefficient (Wildman–Crippen LogP) is 11.7. The van der Waals surface area contributed by atoms with E-state index in [1.54, 1.807) is 0 Å². The number of halogens is 15. The molecule has 0 bridgehead atoms. The second kappa shape index (κ2) is 20.1. The van der Waals surface area contributed by atoms with Gasteiger partial charge in [-0.1, -0.05) is 62.3 Å². The van der Waals surface area contributed by atoms with Crippen LogP contribution in [0.2, 0.25) is 6.32 Å². The maximum Gasteiger partial charge on any atom is 4.00 e. The first kappa shape index (κ1) is 52.1. The molecular weight excluding hydrogens is 915 g/mol. The zero-order chi connectivity index (χ0) is 45.6. The third-order valence-corrected chi connectivity index (χ3v) is 11.7. The van der Waals surface area contributed by atoms with Gasteiger partial charge in [-0.2, -0.15) is 42.7 Å². The molecule has 61 heavy (non-hydrogen) atoms. The summed E-state index contributed by atoms with van der Waals surface area (Å²) in [6.07, 6.45) is -7.42. The first-order valence-electron chi connectivity index (χ1n) is 17.9. The van der Waals surface area contributed by atoms with E-state index in [0.717, 1.165) is 0 Å². The number of rotatable bonds is 5. The van der Waals surface area contributed by atoms with Crippen LogP contribution >= 0.6 is 0 Å². The molecule has 17 heteroatoms. The van der Waals surface area contributed by atoms with Gasteiger partial charge >= 0.3 is 26.2 Å². The average Bonchev–Trinajstić information content (AvgIpc) is 3.52. The van der Waals surface area contributed by atoms with Crippen molar-refractivity contribution in [1.29, 1.82) is 0 Å². The molecule has 320 valence electrons. The molecule has 2 saturated carbocycles. The standard InChI is InChI=1S/C28H14BF15.C10H15.C6H5.Zr/c1-6-7(2)9(4)10(8(6)3)5-29(11-14(30)20(36)26(42)21(37)15(11)31,12-16(32)22(38)27(43)23(39)17(12)33)13-18(34)24(40)28(44)25(41)19(13)35;1-6-7(2)9(4)10(5)8(6)3;1-2-4-6-5-3-1;/h5H2,1-4H3;1-5H3;1-5H;/q-1;;-1;+4. The minimum absolute atomic E-state index is 0. The van der Waals surface area contributed by atoms with Gasteiger partial charge in [0.25, 0.3) is 0 Å². The monoisotopic (exact) mass is 948 g/mol. The quantitative estimate of drug-likeness (QED) is 0.0615. The van der Waals surface area contributed by atoms with Gasteiger partial charge < -0.3 is 0 Å². The van der Waals surface area contributed by atoms with Gasteiger partial charge in [0.15, 0.2) is 52.4 Å². The molecule has 0 aromatic heterocycles. The summed E-state index contributed by atoms with van der Waals surface area (Å²) in [4.78, 5) is 0. The Kier molecular flexibility index (Phi) is 17.2. The van der Waals surface area contributed by atoms with Crippen LogP contribution in [0.4, 0.5) is 65.9 Å². The van der Waals surface area contributed by atoms with Gasteiger partial charge in [0.05, 0.1) is 0 Å². The molecule has 2 aliphatic carbocycles. The van der Waals surface area contributed by atoms with E-state index in [0.29, 0.717) is 0 Å². The molecule has 0 nitrogen and oxygen atoms in total. The zero-order valence-electron chi connectivity index (χ0n) is 33.8. The van der Waals surface area contributed by atoms with E-state index in [-0.39, 0.29) is 49.9 Å². The molecule has 0 aliphatic heterocycles. The van der Waals surface area contributed by atoms with Crippen LogP contribution in [-0.2, 0) is 26.2 Å². The minimum atomic E-state index is -5.63. The van der Waals surface area contributed by atoms with E-state index in [1.165, 1.54) is 57.3 Å². The van der Waals surface area contributed by atoms with Crippen LogP contribution in [0.1, 0.15) is 62.3 Å². The molecule has 0 saturated heterocycles. The summed E-state index contributed by atoms with van der Waals surface area (Å²) < 4.78 is 224. The van der Waals surface area contributed by atoms with Crippen LogP contribution in [-0.4, -0.2) is 6.15 Å². The Hall–Kier alpha value is -3.22. The smallest absolute Gasteiger partial charge is 0.207 e. The molecule has 0 atom stereocenters. The summed E-state index contributed by atoms with van der Waals surface area (Å²) >= 11 is 0. The Labute approximate surface area is 364 Å². The van der Waals surface area contributed by atoms with Gasteiger partial charge in [0, 0.05) is 0 Å². The molecule has 0 amide bonds. The Balaban J connectivity index is 0.000000484.